The number of alkyl halides is 1. The van der Waals surface area contributed by atoms with Gasteiger partial charge in [-0.05, 0) is 18.4 Å². The second kappa shape index (κ2) is 5.83. The number of non-ortho nitro benzene ring substituents is 1. The van der Waals surface area contributed by atoms with Crippen molar-refractivity contribution >= 4 is 33.2 Å². The fourth-order valence-electron chi connectivity index (χ4n) is 2.04. The van der Waals surface area contributed by atoms with Crippen molar-refractivity contribution in [3.8, 4) is 0 Å². The molecule has 1 aromatic rings. The Labute approximate surface area is 114 Å². The van der Waals surface area contributed by atoms with Gasteiger partial charge >= 0.3 is 0 Å². The van der Waals surface area contributed by atoms with E-state index in [1.54, 1.807) is 6.07 Å². The molecule has 0 bridgehead atoms. The van der Waals surface area contributed by atoms with Crippen LogP contribution in [0.4, 0.5) is 5.69 Å². The zero-order valence-electron chi connectivity index (χ0n) is 9.98. The number of nitro benzene ring substituents is 1. The number of benzene rings is 1. The molecule has 0 saturated carbocycles. The van der Waals surface area contributed by atoms with Gasteiger partial charge in [0.2, 0.25) is 0 Å². The van der Waals surface area contributed by atoms with E-state index in [9.17, 15) is 10.1 Å². The summed E-state index contributed by atoms with van der Waals surface area (Å²) in [7, 11) is 0. The Bertz CT molecular complexity index is 413. The summed E-state index contributed by atoms with van der Waals surface area (Å²) in [5, 5.41) is 10.6. The van der Waals surface area contributed by atoms with Gasteiger partial charge in [0.25, 0.3) is 5.69 Å². The normalized spacial score (nSPS) is 14.7. The molecule has 0 N–H and O–H groups in total. The van der Waals surface area contributed by atoms with Crippen LogP contribution in [0.3, 0.4) is 0 Å². The number of hydrogen-bond acceptors (Lipinski definition) is 2. The van der Waals surface area contributed by atoms with Crippen molar-refractivity contribution in [2.75, 3.05) is 0 Å². The summed E-state index contributed by atoms with van der Waals surface area (Å²) in [4.78, 5) is 10.3. The highest BCUT2D eigenvalue weighted by Gasteiger charge is 2.24. The van der Waals surface area contributed by atoms with Crippen molar-refractivity contribution in [3.05, 3.63) is 38.3 Å². The van der Waals surface area contributed by atoms with E-state index in [2.05, 4.69) is 29.8 Å². The quantitative estimate of drug-likeness (QED) is 0.457. The van der Waals surface area contributed by atoms with Crippen LogP contribution < -0.4 is 0 Å². The Balaban J connectivity index is 3.18. The first-order valence-electron chi connectivity index (χ1n) is 5.42. The van der Waals surface area contributed by atoms with Gasteiger partial charge < -0.3 is 0 Å². The Hall–Kier alpha value is -0.610. The number of nitro groups is 1. The van der Waals surface area contributed by atoms with E-state index < -0.39 is 4.92 Å². The van der Waals surface area contributed by atoms with Gasteiger partial charge in [0.15, 0.2) is 0 Å². The molecule has 0 radical (unpaired) electrons. The average Bonchev–Trinajstić information content (AvgIpc) is 2.19. The first kappa shape index (κ1) is 14.5. The molecule has 3 nitrogen and oxygen atoms in total. The van der Waals surface area contributed by atoms with E-state index in [-0.39, 0.29) is 17.0 Å². The van der Waals surface area contributed by atoms with Crippen LogP contribution in [0.2, 0.25) is 0 Å². The third kappa shape index (κ3) is 3.42. The summed E-state index contributed by atoms with van der Waals surface area (Å²) in [5.41, 5.74) is 1.11. The Morgan fingerprint density at radius 2 is 1.94 bits per heavy atom. The van der Waals surface area contributed by atoms with Crippen LogP contribution in [-0.4, -0.2) is 10.3 Å². The maximum atomic E-state index is 10.7. The lowest BCUT2D eigenvalue weighted by Crippen LogP contribution is -2.16. The summed E-state index contributed by atoms with van der Waals surface area (Å²) >= 11 is 9.58. The first-order chi connectivity index (χ1) is 7.84. The molecular formula is C12H15BrClNO2. The van der Waals surface area contributed by atoms with Gasteiger partial charge in [0.1, 0.15) is 0 Å². The topological polar surface area (TPSA) is 43.1 Å². The molecule has 2 atom stereocenters. The minimum Gasteiger partial charge on any atom is -0.258 e. The maximum absolute atomic E-state index is 10.7. The van der Waals surface area contributed by atoms with E-state index in [1.807, 2.05) is 6.92 Å². The Morgan fingerprint density at radius 1 is 1.35 bits per heavy atom. The molecule has 5 heteroatoms. The smallest absolute Gasteiger partial charge is 0.258 e. The van der Waals surface area contributed by atoms with Gasteiger partial charge in [-0.15, -0.1) is 11.6 Å². The second-order valence-electron chi connectivity index (χ2n) is 4.41. The Morgan fingerprint density at radius 3 is 2.29 bits per heavy atom. The zero-order chi connectivity index (χ0) is 13.2. The summed E-state index contributed by atoms with van der Waals surface area (Å²) in [6, 6.07) is 4.84. The van der Waals surface area contributed by atoms with E-state index in [0.29, 0.717) is 5.92 Å². The largest absolute Gasteiger partial charge is 0.270 e. The van der Waals surface area contributed by atoms with E-state index in [4.69, 9.17) is 11.6 Å². The van der Waals surface area contributed by atoms with Crippen LogP contribution in [-0.2, 0) is 0 Å². The molecule has 17 heavy (non-hydrogen) atoms. The van der Waals surface area contributed by atoms with Gasteiger partial charge in [-0.1, -0.05) is 35.8 Å². The van der Waals surface area contributed by atoms with Crippen LogP contribution in [0.1, 0.15) is 32.3 Å². The number of hydrogen-bond donors (Lipinski definition) is 0. The molecule has 0 amide bonds. The molecule has 0 aliphatic heterocycles. The molecular weight excluding hydrogens is 305 g/mol. The summed E-state index contributed by atoms with van der Waals surface area (Å²) < 4.78 is 0.748. The number of rotatable bonds is 4. The number of halogens is 2. The van der Waals surface area contributed by atoms with Crippen molar-refractivity contribution in [3.63, 3.8) is 0 Å². The maximum Gasteiger partial charge on any atom is 0.270 e. The minimum atomic E-state index is -0.400. The highest BCUT2D eigenvalue weighted by atomic mass is 79.9. The minimum absolute atomic E-state index is 0.0206. The third-order valence-corrected chi connectivity index (χ3v) is 3.73. The van der Waals surface area contributed by atoms with Crippen LogP contribution in [0.15, 0.2) is 22.7 Å². The molecule has 0 heterocycles. The monoisotopic (exact) mass is 319 g/mol. The van der Waals surface area contributed by atoms with E-state index in [0.717, 1.165) is 10.0 Å². The molecule has 1 rings (SSSR count). The summed E-state index contributed by atoms with van der Waals surface area (Å²) in [5.74, 6) is 0.548. The van der Waals surface area contributed by atoms with Crippen LogP contribution in [0, 0.1) is 16.0 Å². The van der Waals surface area contributed by atoms with Crippen LogP contribution in [0.5, 0.6) is 0 Å². The second-order valence-corrected chi connectivity index (χ2v) is 5.95. The van der Waals surface area contributed by atoms with Crippen LogP contribution in [0.25, 0.3) is 0 Å². The fourth-order valence-corrected chi connectivity index (χ4v) is 3.09. The van der Waals surface area contributed by atoms with Gasteiger partial charge in [-0.25, -0.2) is 0 Å². The molecule has 1 aromatic carbocycles. The van der Waals surface area contributed by atoms with Crippen molar-refractivity contribution in [1.29, 1.82) is 0 Å². The molecule has 0 aliphatic carbocycles. The lowest BCUT2D eigenvalue weighted by Gasteiger charge is -2.24. The van der Waals surface area contributed by atoms with Crippen molar-refractivity contribution in [2.24, 2.45) is 5.92 Å². The molecule has 94 valence electrons. The van der Waals surface area contributed by atoms with Gasteiger partial charge in [0.05, 0.1) is 4.92 Å². The van der Waals surface area contributed by atoms with Crippen LogP contribution >= 0.6 is 27.5 Å². The zero-order valence-corrected chi connectivity index (χ0v) is 12.3. The average molecular weight is 321 g/mol. The first-order valence-corrected chi connectivity index (χ1v) is 6.65. The third-order valence-electron chi connectivity index (χ3n) is 2.77. The van der Waals surface area contributed by atoms with Gasteiger partial charge in [-0.3, -0.25) is 10.1 Å². The SMILES string of the molecule is CC(C)C(c1ccc([N+](=O)[O-])cc1Br)C(C)Cl. The molecule has 0 fully saturated rings. The predicted octanol–water partition coefficient (Wildman–Crippen LogP) is 4.72. The standard InChI is InChI=1S/C12H15BrClNO2/c1-7(2)12(8(3)14)10-5-4-9(15(16)17)6-11(10)13/h4-8,12H,1-3H3. The summed E-state index contributed by atoms with van der Waals surface area (Å²) in [6.07, 6.45) is 0. The Kier molecular flexibility index (Phi) is 4.95. The molecule has 2 unspecified atom stereocenters. The fraction of sp³-hybridized carbons (Fsp3) is 0.500. The van der Waals surface area contributed by atoms with Crippen molar-refractivity contribution in [2.45, 2.75) is 32.1 Å². The lowest BCUT2D eigenvalue weighted by atomic mass is 9.86. The summed E-state index contributed by atoms with van der Waals surface area (Å²) in [6.45, 7) is 6.13. The molecule has 0 aromatic heterocycles. The number of nitrogens with zero attached hydrogens (tertiary/aromatic N) is 1. The molecule has 0 spiro atoms. The highest BCUT2D eigenvalue weighted by Crippen LogP contribution is 2.36. The van der Waals surface area contributed by atoms with Crippen molar-refractivity contribution in [1.82, 2.24) is 0 Å². The van der Waals surface area contributed by atoms with E-state index in [1.165, 1.54) is 12.1 Å². The van der Waals surface area contributed by atoms with Crippen molar-refractivity contribution < 1.29 is 4.92 Å². The van der Waals surface area contributed by atoms with Gasteiger partial charge in [0, 0.05) is 27.9 Å². The lowest BCUT2D eigenvalue weighted by molar-refractivity contribution is -0.384. The molecule has 0 aliphatic rings. The molecule has 0 saturated heterocycles. The van der Waals surface area contributed by atoms with E-state index >= 15 is 0 Å². The highest BCUT2D eigenvalue weighted by molar-refractivity contribution is 9.10. The predicted molar refractivity (Wildman–Crippen MR) is 73.7 cm³/mol. The van der Waals surface area contributed by atoms with Gasteiger partial charge in [-0.2, -0.15) is 0 Å².